The number of nitrogens with one attached hydrogen (secondary N) is 1. The lowest BCUT2D eigenvalue weighted by molar-refractivity contribution is -0.153. The van der Waals surface area contributed by atoms with Crippen LogP contribution in [0.1, 0.15) is 6.92 Å². The molecule has 0 radical (unpaired) electrons. The van der Waals surface area contributed by atoms with Crippen molar-refractivity contribution in [3.63, 3.8) is 0 Å². The van der Waals surface area contributed by atoms with Crippen molar-refractivity contribution in [1.29, 1.82) is 0 Å². The molecule has 1 atom stereocenters. The van der Waals surface area contributed by atoms with Crippen molar-refractivity contribution in [2.75, 3.05) is 11.9 Å². The lowest BCUT2D eigenvalue weighted by Gasteiger charge is -2.13. The molecule has 0 spiro atoms. The number of carbonyl (C=O) groups is 2. The molecule has 8 heteroatoms. The summed E-state index contributed by atoms with van der Waals surface area (Å²) in [5.41, 5.74) is 1.55. The summed E-state index contributed by atoms with van der Waals surface area (Å²) in [7, 11) is 1.71. The Kier molecular flexibility index (Phi) is 6.51. The van der Waals surface area contributed by atoms with Crippen molar-refractivity contribution < 1.29 is 19.1 Å². The molecule has 29 heavy (non-hydrogen) atoms. The second-order valence-electron chi connectivity index (χ2n) is 6.27. The van der Waals surface area contributed by atoms with Gasteiger partial charge in [0.25, 0.3) is 5.91 Å². The Bertz CT molecular complexity index is 987. The number of aryl methyl sites for hydroxylation is 1. The number of amides is 1. The van der Waals surface area contributed by atoms with Crippen LogP contribution in [-0.2, 0) is 21.4 Å². The maximum absolute atomic E-state index is 12.2. The molecule has 0 aliphatic rings. The average Bonchev–Trinajstić information content (AvgIpc) is 3.07. The van der Waals surface area contributed by atoms with Gasteiger partial charge in [0.1, 0.15) is 11.6 Å². The highest BCUT2D eigenvalue weighted by atomic mass is 35.5. The average molecular weight is 414 g/mol. The lowest BCUT2D eigenvalue weighted by atomic mass is 10.1. The Morgan fingerprint density at radius 3 is 2.52 bits per heavy atom. The van der Waals surface area contributed by atoms with E-state index in [1.807, 2.05) is 18.2 Å². The molecule has 2 aromatic carbocycles. The van der Waals surface area contributed by atoms with Gasteiger partial charge in [-0.1, -0.05) is 41.9 Å². The van der Waals surface area contributed by atoms with Crippen molar-refractivity contribution in [3.05, 3.63) is 65.7 Å². The predicted octanol–water partition coefficient (Wildman–Crippen LogP) is 3.69. The summed E-state index contributed by atoms with van der Waals surface area (Å²) >= 11 is 5.90. The molecular weight excluding hydrogens is 394 g/mol. The van der Waals surface area contributed by atoms with Crippen LogP contribution in [0.3, 0.4) is 0 Å². The van der Waals surface area contributed by atoms with E-state index in [2.05, 4.69) is 10.4 Å². The molecule has 0 aliphatic heterocycles. The standard InChI is InChI=1S/C21H20ClN3O4/c1-14(29-17-6-4-3-5-7-17)21(27)28-13-20(26)23-19-12-18(24-25(19)2)15-8-10-16(22)11-9-15/h3-12,14H,13H2,1-2H3,(H,23,26)/t14-/m0/s1. The van der Waals surface area contributed by atoms with Crippen molar-refractivity contribution >= 4 is 29.3 Å². The third-order valence-corrected chi connectivity index (χ3v) is 4.27. The molecule has 0 unspecified atom stereocenters. The Balaban J connectivity index is 1.53. The first kappa shape index (κ1) is 20.4. The van der Waals surface area contributed by atoms with E-state index < -0.39 is 24.6 Å². The second kappa shape index (κ2) is 9.25. The molecule has 1 aromatic heterocycles. The van der Waals surface area contributed by atoms with Gasteiger partial charge in [-0.25, -0.2) is 4.79 Å². The molecule has 0 saturated carbocycles. The van der Waals surface area contributed by atoms with Gasteiger partial charge in [0.2, 0.25) is 0 Å². The van der Waals surface area contributed by atoms with Crippen molar-refractivity contribution in [2.24, 2.45) is 7.05 Å². The van der Waals surface area contributed by atoms with E-state index in [0.29, 0.717) is 22.3 Å². The van der Waals surface area contributed by atoms with Crippen molar-refractivity contribution in [3.8, 4) is 17.0 Å². The third-order valence-electron chi connectivity index (χ3n) is 4.02. The minimum Gasteiger partial charge on any atom is -0.479 e. The first-order valence-corrected chi connectivity index (χ1v) is 9.28. The van der Waals surface area contributed by atoms with Crippen LogP contribution in [0.2, 0.25) is 5.02 Å². The Morgan fingerprint density at radius 2 is 1.83 bits per heavy atom. The second-order valence-corrected chi connectivity index (χ2v) is 6.71. The van der Waals surface area contributed by atoms with E-state index >= 15 is 0 Å². The smallest absolute Gasteiger partial charge is 0.347 e. The van der Waals surface area contributed by atoms with E-state index in [-0.39, 0.29) is 0 Å². The summed E-state index contributed by atoms with van der Waals surface area (Å²) in [4.78, 5) is 24.2. The zero-order chi connectivity index (χ0) is 20.8. The normalized spacial score (nSPS) is 11.6. The number of halogens is 1. The van der Waals surface area contributed by atoms with Gasteiger partial charge in [0.05, 0.1) is 5.69 Å². The number of nitrogens with zero attached hydrogens (tertiary/aromatic N) is 2. The van der Waals surface area contributed by atoms with Gasteiger partial charge in [-0.3, -0.25) is 9.48 Å². The van der Waals surface area contributed by atoms with E-state index in [4.69, 9.17) is 21.1 Å². The number of benzene rings is 2. The molecule has 1 amide bonds. The molecule has 1 N–H and O–H groups in total. The van der Waals surface area contributed by atoms with Crippen LogP contribution < -0.4 is 10.1 Å². The highest BCUT2D eigenvalue weighted by Crippen LogP contribution is 2.23. The van der Waals surface area contributed by atoms with Crippen LogP contribution in [0.4, 0.5) is 5.82 Å². The van der Waals surface area contributed by atoms with Crippen LogP contribution in [-0.4, -0.2) is 34.4 Å². The summed E-state index contributed by atoms with van der Waals surface area (Å²) in [6, 6.07) is 17.8. The maximum atomic E-state index is 12.2. The number of esters is 1. The number of para-hydroxylation sites is 1. The third kappa shape index (κ3) is 5.58. The Hall–Kier alpha value is -3.32. The summed E-state index contributed by atoms with van der Waals surface area (Å²) in [6.07, 6.45) is -0.835. The number of ether oxygens (including phenoxy) is 2. The monoisotopic (exact) mass is 413 g/mol. The zero-order valence-corrected chi connectivity index (χ0v) is 16.7. The van der Waals surface area contributed by atoms with E-state index in [0.717, 1.165) is 5.56 Å². The van der Waals surface area contributed by atoms with Crippen LogP contribution >= 0.6 is 11.6 Å². The van der Waals surface area contributed by atoms with Crippen LogP contribution in [0.15, 0.2) is 60.7 Å². The first-order valence-electron chi connectivity index (χ1n) is 8.90. The lowest BCUT2D eigenvalue weighted by Crippen LogP contribution is -2.30. The largest absolute Gasteiger partial charge is 0.479 e. The number of carbonyl (C=O) groups excluding carboxylic acids is 2. The number of aromatic nitrogens is 2. The molecule has 0 fully saturated rings. The number of hydrogen-bond donors (Lipinski definition) is 1. The minimum absolute atomic E-state index is 0.428. The molecule has 0 bridgehead atoms. The van der Waals surface area contributed by atoms with Gasteiger partial charge >= 0.3 is 5.97 Å². The topological polar surface area (TPSA) is 82.4 Å². The zero-order valence-electron chi connectivity index (χ0n) is 16.0. The fourth-order valence-corrected chi connectivity index (χ4v) is 2.66. The summed E-state index contributed by atoms with van der Waals surface area (Å²) < 4.78 is 12.0. The molecule has 7 nitrogen and oxygen atoms in total. The fraction of sp³-hybridized carbons (Fsp3) is 0.190. The fourth-order valence-electron chi connectivity index (χ4n) is 2.53. The number of hydrogen-bond acceptors (Lipinski definition) is 5. The quantitative estimate of drug-likeness (QED) is 0.597. The van der Waals surface area contributed by atoms with Gasteiger partial charge < -0.3 is 14.8 Å². The van der Waals surface area contributed by atoms with E-state index in [1.54, 1.807) is 56.4 Å². The summed E-state index contributed by atoms with van der Waals surface area (Å²) in [5.74, 6) is -0.0811. The molecule has 150 valence electrons. The van der Waals surface area contributed by atoms with Crippen LogP contribution in [0.25, 0.3) is 11.3 Å². The highest BCUT2D eigenvalue weighted by Gasteiger charge is 2.18. The van der Waals surface area contributed by atoms with Gasteiger partial charge in [-0.15, -0.1) is 0 Å². The Morgan fingerprint density at radius 1 is 1.14 bits per heavy atom. The summed E-state index contributed by atoms with van der Waals surface area (Å²) in [6.45, 7) is 1.13. The maximum Gasteiger partial charge on any atom is 0.347 e. The SMILES string of the molecule is C[C@H](Oc1ccccc1)C(=O)OCC(=O)Nc1cc(-c2ccc(Cl)cc2)nn1C. The van der Waals surface area contributed by atoms with Crippen molar-refractivity contribution in [2.45, 2.75) is 13.0 Å². The van der Waals surface area contributed by atoms with E-state index in [9.17, 15) is 9.59 Å². The highest BCUT2D eigenvalue weighted by molar-refractivity contribution is 6.30. The van der Waals surface area contributed by atoms with Crippen molar-refractivity contribution in [1.82, 2.24) is 9.78 Å². The van der Waals surface area contributed by atoms with Crippen LogP contribution in [0.5, 0.6) is 5.75 Å². The molecule has 3 rings (SSSR count). The van der Waals surface area contributed by atoms with E-state index in [1.165, 1.54) is 4.68 Å². The minimum atomic E-state index is -0.835. The first-order chi connectivity index (χ1) is 13.9. The predicted molar refractivity (Wildman–Crippen MR) is 110 cm³/mol. The van der Waals surface area contributed by atoms with Gasteiger partial charge in [0, 0.05) is 23.7 Å². The van der Waals surface area contributed by atoms with Gasteiger partial charge in [0.15, 0.2) is 12.7 Å². The number of anilines is 1. The molecule has 0 aliphatic carbocycles. The molecular formula is C21H20ClN3O4. The number of rotatable bonds is 7. The van der Waals surface area contributed by atoms with Crippen LogP contribution in [0, 0.1) is 0 Å². The Labute approximate surface area is 173 Å². The molecule has 0 saturated heterocycles. The summed E-state index contributed by atoms with van der Waals surface area (Å²) in [5, 5.41) is 7.67. The van der Waals surface area contributed by atoms with Gasteiger partial charge in [-0.05, 0) is 31.2 Å². The molecule has 1 heterocycles. The van der Waals surface area contributed by atoms with Gasteiger partial charge in [-0.2, -0.15) is 5.10 Å². The molecule has 3 aromatic rings.